The molecule has 7 heteroatoms. The van der Waals surface area contributed by atoms with Crippen LogP contribution in [0.4, 0.5) is 5.69 Å². The van der Waals surface area contributed by atoms with E-state index in [1.165, 1.54) is 9.75 Å². The van der Waals surface area contributed by atoms with Gasteiger partial charge in [-0.3, -0.25) is 14.5 Å². The second kappa shape index (κ2) is 8.75. The minimum absolute atomic E-state index is 0.0927. The van der Waals surface area contributed by atoms with Gasteiger partial charge in [0.15, 0.2) is 0 Å². The van der Waals surface area contributed by atoms with E-state index in [4.69, 9.17) is 5.73 Å². The first kappa shape index (κ1) is 18.3. The topological polar surface area (TPSA) is 75.4 Å². The van der Waals surface area contributed by atoms with Crippen LogP contribution in [-0.2, 0) is 17.9 Å². The van der Waals surface area contributed by atoms with Gasteiger partial charge in [0.25, 0.3) is 0 Å². The van der Waals surface area contributed by atoms with Gasteiger partial charge >= 0.3 is 0 Å². The lowest BCUT2D eigenvalue weighted by Gasteiger charge is -2.20. The van der Waals surface area contributed by atoms with E-state index in [1.54, 1.807) is 46.9 Å². The molecule has 0 aliphatic rings. The number of carbonyl (C=O) groups excluding carboxylic acids is 2. The van der Waals surface area contributed by atoms with Crippen LogP contribution in [0.15, 0.2) is 59.3 Å². The first-order valence-corrected chi connectivity index (χ1v) is 9.83. The zero-order valence-corrected chi connectivity index (χ0v) is 15.7. The number of nitrogens with two attached hydrogens (primary N) is 1. The highest BCUT2D eigenvalue weighted by molar-refractivity contribution is 7.10. The van der Waals surface area contributed by atoms with E-state index in [-0.39, 0.29) is 12.5 Å². The number of nitrogens with zero attached hydrogens (tertiary/aromatic N) is 1. The second-order valence-corrected chi connectivity index (χ2v) is 7.86. The van der Waals surface area contributed by atoms with E-state index in [2.05, 4.69) is 22.3 Å². The zero-order valence-electron chi connectivity index (χ0n) is 14.1. The Morgan fingerprint density at radius 1 is 0.923 bits per heavy atom. The van der Waals surface area contributed by atoms with Crippen LogP contribution >= 0.6 is 22.7 Å². The smallest absolute Gasteiger partial charge is 0.248 e. The number of benzene rings is 1. The van der Waals surface area contributed by atoms with Crippen molar-refractivity contribution in [3.05, 3.63) is 74.6 Å². The third-order valence-electron chi connectivity index (χ3n) is 3.74. The van der Waals surface area contributed by atoms with Gasteiger partial charge in [-0.1, -0.05) is 12.1 Å². The summed E-state index contributed by atoms with van der Waals surface area (Å²) in [4.78, 5) is 28.1. The van der Waals surface area contributed by atoms with Crippen LogP contribution in [-0.4, -0.2) is 23.3 Å². The Hall–Kier alpha value is -2.48. The average Bonchev–Trinajstić information content (AvgIpc) is 3.29. The van der Waals surface area contributed by atoms with Crippen molar-refractivity contribution in [1.82, 2.24) is 4.90 Å². The molecule has 0 aliphatic carbocycles. The Bertz CT molecular complexity index is 807. The van der Waals surface area contributed by atoms with Gasteiger partial charge in [-0.15, -0.1) is 22.7 Å². The highest BCUT2D eigenvalue weighted by Crippen LogP contribution is 2.17. The molecule has 134 valence electrons. The summed E-state index contributed by atoms with van der Waals surface area (Å²) in [6.07, 6.45) is 0. The van der Waals surface area contributed by atoms with Crippen LogP contribution in [0.1, 0.15) is 20.1 Å². The van der Waals surface area contributed by atoms with E-state index in [9.17, 15) is 9.59 Å². The van der Waals surface area contributed by atoms with Crippen LogP contribution in [0.5, 0.6) is 0 Å². The lowest BCUT2D eigenvalue weighted by molar-refractivity contribution is -0.117. The van der Waals surface area contributed by atoms with Crippen molar-refractivity contribution in [2.45, 2.75) is 13.1 Å². The van der Waals surface area contributed by atoms with Crippen molar-refractivity contribution >= 4 is 40.2 Å². The molecule has 2 heterocycles. The van der Waals surface area contributed by atoms with Crippen molar-refractivity contribution < 1.29 is 9.59 Å². The van der Waals surface area contributed by atoms with E-state index < -0.39 is 5.91 Å². The predicted octanol–water partition coefficient (Wildman–Crippen LogP) is 3.55. The van der Waals surface area contributed by atoms with Gasteiger partial charge in [0.1, 0.15) is 0 Å². The molecule has 3 rings (SSSR count). The summed E-state index contributed by atoms with van der Waals surface area (Å²) in [6, 6.07) is 14.8. The molecule has 2 amide bonds. The molecule has 0 saturated carbocycles. The standard InChI is InChI=1S/C19H19N3O2S2/c20-19(24)14-5-7-15(8-6-14)21-18(23)13-22(11-16-3-1-9-25-16)12-17-4-2-10-26-17/h1-10H,11-13H2,(H2,20,24)(H,21,23). The molecular formula is C19H19N3O2S2. The monoisotopic (exact) mass is 385 g/mol. The van der Waals surface area contributed by atoms with Gasteiger partial charge in [-0.05, 0) is 47.2 Å². The Morgan fingerprint density at radius 2 is 1.50 bits per heavy atom. The quantitative estimate of drug-likeness (QED) is 0.623. The fourth-order valence-corrected chi connectivity index (χ4v) is 4.03. The second-order valence-electron chi connectivity index (χ2n) is 5.79. The zero-order chi connectivity index (χ0) is 18.4. The summed E-state index contributed by atoms with van der Waals surface area (Å²) < 4.78 is 0. The number of anilines is 1. The summed E-state index contributed by atoms with van der Waals surface area (Å²) in [5.74, 6) is -0.578. The summed E-state index contributed by atoms with van der Waals surface area (Å²) in [7, 11) is 0. The molecule has 0 atom stereocenters. The normalized spacial score (nSPS) is 10.8. The highest BCUT2D eigenvalue weighted by Gasteiger charge is 2.14. The number of hydrogen-bond acceptors (Lipinski definition) is 5. The highest BCUT2D eigenvalue weighted by atomic mass is 32.1. The molecule has 0 unspecified atom stereocenters. The minimum Gasteiger partial charge on any atom is -0.366 e. The van der Waals surface area contributed by atoms with Crippen LogP contribution in [0.3, 0.4) is 0 Å². The molecule has 0 bridgehead atoms. The van der Waals surface area contributed by atoms with E-state index in [1.807, 2.05) is 22.9 Å². The predicted molar refractivity (Wildman–Crippen MR) is 106 cm³/mol. The van der Waals surface area contributed by atoms with Crippen LogP contribution in [0.2, 0.25) is 0 Å². The number of primary amides is 1. The molecule has 3 N–H and O–H groups in total. The summed E-state index contributed by atoms with van der Waals surface area (Å²) in [6.45, 7) is 1.74. The Balaban J connectivity index is 1.63. The Kier molecular flexibility index (Phi) is 6.17. The number of nitrogens with one attached hydrogen (secondary N) is 1. The van der Waals surface area contributed by atoms with Gasteiger partial charge in [-0.25, -0.2) is 0 Å². The summed E-state index contributed by atoms with van der Waals surface area (Å²) in [5.41, 5.74) is 6.29. The molecule has 1 aromatic carbocycles. The van der Waals surface area contributed by atoms with Gasteiger partial charge in [0.2, 0.25) is 11.8 Å². The molecule has 0 aliphatic heterocycles. The fraction of sp³-hybridized carbons (Fsp3) is 0.158. The number of rotatable bonds is 8. The van der Waals surface area contributed by atoms with Gasteiger partial charge in [0.05, 0.1) is 6.54 Å². The Labute approximate surface area is 160 Å². The van der Waals surface area contributed by atoms with Crippen molar-refractivity contribution in [2.24, 2.45) is 5.73 Å². The fourth-order valence-electron chi connectivity index (χ4n) is 2.54. The van der Waals surface area contributed by atoms with Crippen molar-refractivity contribution in [3.8, 4) is 0 Å². The minimum atomic E-state index is -0.485. The van der Waals surface area contributed by atoms with Crippen molar-refractivity contribution in [2.75, 3.05) is 11.9 Å². The Morgan fingerprint density at radius 3 is 1.96 bits per heavy atom. The molecule has 26 heavy (non-hydrogen) atoms. The lowest BCUT2D eigenvalue weighted by Crippen LogP contribution is -2.32. The maximum atomic E-state index is 12.5. The average molecular weight is 386 g/mol. The molecule has 5 nitrogen and oxygen atoms in total. The van der Waals surface area contributed by atoms with Gasteiger partial charge < -0.3 is 11.1 Å². The van der Waals surface area contributed by atoms with Gasteiger partial charge in [-0.2, -0.15) is 0 Å². The molecule has 0 fully saturated rings. The molecule has 0 saturated heterocycles. The van der Waals surface area contributed by atoms with E-state index in [0.29, 0.717) is 11.3 Å². The number of thiophene rings is 2. The van der Waals surface area contributed by atoms with Crippen molar-refractivity contribution in [1.29, 1.82) is 0 Å². The summed E-state index contributed by atoms with van der Waals surface area (Å²) in [5, 5.41) is 6.95. The number of amides is 2. The van der Waals surface area contributed by atoms with E-state index in [0.717, 1.165) is 13.1 Å². The van der Waals surface area contributed by atoms with Crippen molar-refractivity contribution in [3.63, 3.8) is 0 Å². The number of carbonyl (C=O) groups is 2. The van der Waals surface area contributed by atoms with E-state index >= 15 is 0 Å². The van der Waals surface area contributed by atoms with Crippen LogP contribution in [0.25, 0.3) is 0 Å². The molecule has 0 spiro atoms. The maximum Gasteiger partial charge on any atom is 0.248 e. The van der Waals surface area contributed by atoms with Crippen LogP contribution < -0.4 is 11.1 Å². The third kappa shape index (κ3) is 5.26. The molecular weight excluding hydrogens is 366 g/mol. The number of hydrogen-bond donors (Lipinski definition) is 2. The van der Waals surface area contributed by atoms with Gasteiger partial charge in [0, 0.05) is 34.1 Å². The third-order valence-corrected chi connectivity index (χ3v) is 5.46. The maximum absolute atomic E-state index is 12.5. The SMILES string of the molecule is NC(=O)c1ccc(NC(=O)CN(Cc2cccs2)Cc2cccs2)cc1. The lowest BCUT2D eigenvalue weighted by atomic mass is 10.2. The molecule has 0 radical (unpaired) electrons. The molecule has 3 aromatic rings. The van der Waals surface area contributed by atoms with Crippen LogP contribution in [0, 0.1) is 0 Å². The first-order chi connectivity index (χ1) is 12.6. The largest absolute Gasteiger partial charge is 0.366 e. The summed E-state index contributed by atoms with van der Waals surface area (Å²) >= 11 is 3.37. The molecule has 2 aromatic heterocycles. The first-order valence-electron chi connectivity index (χ1n) is 8.07.